The summed E-state index contributed by atoms with van der Waals surface area (Å²) in [5, 5.41) is 14.2. The van der Waals surface area contributed by atoms with Crippen LogP contribution in [0.15, 0.2) is 0 Å². The van der Waals surface area contributed by atoms with Crippen LogP contribution in [0.4, 0.5) is 4.79 Å². The number of carboxylic acid groups (broad SMARTS) is 1. The lowest BCUT2D eigenvalue weighted by Crippen LogP contribution is -2.41. The fourth-order valence-corrected chi connectivity index (χ4v) is 1.51. The van der Waals surface area contributed by atoms with E-state index in [4.69, 9.17) is 5.11 Å². The second-order valence-electron chi connectivity index (χ2n) is 4.47. The van der Waals surface area contributed by atoms with E-state index in [1.807, 2.05) is 6.92 Å². The van der Waals surface area contributed by atoms with E-state index in [2.05, 4.69) is 17.6 Å². The Kier molecular flexibility index (Phi) is 8.19. The predicted octanol–water partition coefficient (Wildman–Crippen LogP) is 1.98. The molecule has 0 aromatic carbocycles. The first kappa shape index (κ1) is 15.7. The lowest BCUT2D eigenvalue weighted by atomic mass is 10.1. The first-order valence-electron chi connectivity index (χ1n) is 6.24. The molecule has 5 heteroatoms. The zero-order valence-corrected chi connectivity index (χ0v) is 11.0. The van der Waals surface area contributed by atoms with Crippen molar-refractivity contribution in [3.05, 3.63) is 0 Å². The van der Waals surface area contributed by atoms with Gasteiger partial charge in [0, 0.05) is 12.6 Å². The second-order valence-corrected chi connectivity index (χ2v) is 4.47. The molecule has 2 unspecified atom stereocenters. The molecule has 3 N–H and O–H groups in total. The highest BCUT2D eigenvalue weighted by molar-refractivity contribution is 5.74. The summed E-state index contributed by atoms with van der Waals surface area (Å²) in [5.41, 5.74) is 0. The maximum Gasteiger partial charge on any atom is 0.314 e. The molecule has 0 aromatic heterocycles. The van der Waals surface area contributed by atoms with Gasteiger partial charge < -0.3 is 15.7 Å². The minimum atomic E-state index is -0.786. The Morgan fingerprint density at radius 2 is 1.88 bits per heavy atom. The van der Waals surface area contributed by atoms with Crippen LogP contribution in [0.25, 0.3) is 0 Å². The van der Waals surface area contributed by atoms with Gasteiger partial charge in [0.2, 0.25) is 0 Å². The molecule has 100 valence electrons. The van der Waals surface area contributed by atoms with Crippen LogP contribution >= 0.6 is 0 Å². The zero-order chi connectivity index (χ0) is 13.3. The number of aliphatic carboxylic acids is 1. The quantitative estimate of drug-likeness (QED) is 0.571. The molecule has 0 aliphatic rings. The predicted molar refractivity (Wildman–Crippen MR) is 66.9 cm³/mol. The molecule has 0 spiro atoms. The van der Waals surface area contributed by atoms with Gasteiger partial charge >= 0.3 is 12.0 Å². The molecule has 0 aliphatic heterocycles. The van der Waals surface area contributed by atoms with E-state index in [9.17, 15) is 9.59 Å². The third-order valence-electron chi connectivity index (χ3n) is 2.62. The van der Waals surface area contributed by atoms with Crippen LogP contribution in [-0.2, 0) is 4.79 Å². The Labute approximate surface area is 103 Å². The van der Waals surface area contributed by atoms with Crippen LogP contribution in [0, 0.1) is 5.92 Å². The highest BCUT2D eigenvalue weighted by Crippen LogP contribution is 2.04. The van der Waals surface area contributed by atoms with Crippen LogP contribution in [0.1, 0.15) is 46.5 Å². The van der Waals surface area contributed by atoms with Gasteiger partial charge in [-0.3, -0.25) is 4.79 Å². The van der Waals surface area contributed by atoms with E-state index < -0.39 is 5.97 Å². The van der Waals surface area contributed by atoms with E-state index in [1.54, 1.807) is 6.92 Å². The molecule has 0 saturated heterocycles. The van der Waals surface area contributed by atoms with Crippen LogP contribution in [0.2, 0.25) is 0 Å². The number of nitrogens with one attached hydrogen (secondary N) is 2. The van der Waals surface area contributed by atoms with Crippen molar-refractivity contribution in [1.82, 2.24) is 10.6 Å². The van der Waals surface area contributed by atoms with Crippen LogP contribution in [-0.4, -0.2) is 29.7 Å². The molecule has 0 rings (SSSR count). The minimum absolute atomic E-state index is 0.172. The SMILES string of the molecule is CCCC(C)NC(=O)NCCCC(C)C(=O)O. The fourth-order valence-electron chi connectivity index (χ4n) is 1.51. The van der Waals surface area contributed by atoms with Gasteiger partial charge in [0.1, 0.15) is 0 Å². The third-order valence-corrected chi connectivity index (χ3v) is 2.62. The van der Waals surface area contributed by atoms with Crippen LogP contribution in [0.5, 0.6) is 0 Å². The van der Waals surface area contributed by atoms with Gasteiger partial charge in [-0.15, -0.1) is 0 Å². The molecule has 2 atom stereocenters. The van der Waals surface area contributed by atoms with Gasteiger partial charge in [-0.1, -0.05) is 20.3 Å². The number of urea groups is 1. The third kappa shape index (κ3) is 8.54. The molecule has 0 saturated carbocycles. The van der Waals surface area contributed by atoms with Gasteiger partial charge in [-0.05, 0) is 26.2 Å². The zero-order valence-electron chi connectivity index (χ0n) is 11.0. The molecule has 17 heavy (non-hydrogen) atoms. The number of rotatable bonds is 8. The average Bonchev–Trinajstić information content (AvgIpc) is 2.24. The van der Waals surface area contributed by atoms with Crippen molar-refractivity contribution >= 4 is 12.0 Å². The summed E-state index contributed by atoms with van der Waals surface area (Å²) in [6.07, 6.45) is 3.27. The average molecular weight is 244 g/mol. The van der Waals surface area contributed by atoms with E-state index in [1.165, 1.54) is 0 Å². The van der Waals surface area contributed by atoms with Crippen molar-refractivity contribution in [3.63, 3.8) is 0 Å². The Morgan fingerprint density at radius 1 is 1.24 bits per heavy atom. The molecular weight excluding hydrogens is 220 g/mol. The maximum atomic E-state index is 11.4. The first-order chi connectivity index (χ1) is 7.97. The number of hydrogen-bond donors (Lipinski definition) is 3. The number of amides is 2. The van der Waals surface area contributed by atoms with Gasteiger partial charge in [0.05, 0.1) is 5.92 Å². The molecule has 0 bridgehead atoms. The topological polar surface area (TPSA) is 78.4 Å². The minimum Gasteiger partial charge on any atom is -0.481 e. The van der Waals surface area contributed by atoms with Crippen molar-refractivity contribution < 1.29 is 14.7 Å². The van der Waals surface area contributed by atoms with Gasteiger partial charge in [0.15, 0.2) is 0 Å². The Balaban J connectivity index is 3.55. The second kappa shape index (κ2) is 8.84. The summed E-state index contributed by atoms with van der Waals surface area (Å²) in [6.45, 7) is 6.23. The Bertz CT molecular complexity index is 244. The lowest BCUT2D eigenvalue weighted by molar-refractivity contribution is -0.141. The molecule has 2 amide bonds. The highest BCUT2D eigenvalue weighted by Gasteiger charge is 2.10. The number of hydrogen-bond acceptors (Lipinski definition) is 2. The Hall–Kier alpha value is -1.26. The highest BCUT2D eigenvalue weighted by atomic mass is 16.4. The molecule has 0 heterocycles. The molecule has 0 aromatic rings. The van der Waals surface area contributed by atoms with E-state index >= 15 is 0 Å². The molecule has 5 nitrogen and oxygen atoms in total. The smallest absolute Gasteiger partial charge is 0.314 e. The summed E-state index contributed by atoms with van der Waals surface area (Å²) >= 11 is 0. The monoisotopic (exact) mass is 244 g/mol. The normalized spacial score (nSPS) is 13.8. The van der Waals surface area contributed by atoms with E-state index in [0.717, 1.165) is 12.8 Å². The van der Waals surface area contributed by atoms with E-state index in [0.29, 0.717) is 19.4 Å². The van der Waals surface area contributed by atoms with Crippen molar-refractivity contribution in [2.75, 3.05) is 6.54 Å². The van der Waals surface area contributed by atoms with Gasteiger partial charge in [-0.25, -0.2) is 4.79 Å². The van der Waals surface area contributed by atoms with Crippen molar-refractivity contribution in [2.24, 2.45) is 5.92 Å². The largest absolute Gasteiger partial charge is 0.481 e. The standard InChI is InChI=1S/C12H24N2O3/c1-4-6-10(3)14-12(17)13-8-5-7-9(2)11(15)16/h9-10H,4-8H2,1-3H3,(H,15,16)(H2,13,14,17). The maximum absolute atomic E-state index is 11.4. The summed E-state index contributed by atoms with van der Waals surface area (Å²) in [7, 11) is 0. The Morgan fingerprint density at radius 3 is 2.41 bits per heavy atom. The lowest BCUT2D eigenvalue weighted by Gasteiger charge is -2.13. The number of carbonyl (C=O) groups excluding carboxylic acids is 1. The first-order valence-corrected chi connectivity index (χ1v) is 6.24. The van der Waals surface area contributed by atoms with Crippen molar-refractivity contribution in [2.45, 2.75) is 52.5 Å². The van der Waals surface area contributed by atoms with E-state index in [-0.39, 0.29) is 18.0 Å². The molecule has 0 fully saturated rings. The van der Waals surface area contributed by atoms with Gasteiger partial charge in [-0.2, -0.15) is 0 Å². The summed E-state index contributed by atoms with van der Waals surface area (Å²) in [4.78, 5) is 21.9. The summed E-state index contributed by atoms with van der Waals surface area (Å²) in [6, 6.07) is 0.00636. The van der Waals surface area contributed by atoms with Crippen LogP contribution < -0.4 is 10.6 Å². The number of carboxylic acids is 1. The molecule has 0 aliphatic carbocycles. The molecular formula is C12H24N2O3. The van der Waals surface area contributed by atoms with Crippen LogP contribution in [0.3, 0.4) is 0 Å². The van der Waals surface area contributed by atoms with Crippen molar-refractivity contribution in [1.29, 1.82) is 0 Å². The summed E-state index contributed by atoms with van der Waals surface area (Å²) < 4.78 is 0. The fraction of sp³-hybridized carbons (Fsp3) is 0.833. The summed E-state index contributed by atoms with van der Waals surface area (Å²) in [5.74, 6) is -1.13. The van der Waals surface area contributed by atoms with Gasteiger partial charge in [0.25, 0.3) is 0 Å². The molecule has 0 radical (unpaired) electrons. The number of carbonyl (C=O) groups is 2. The van der Waals surface area contributed by atoms with Crippen molar-refractivity contribution in [3.8, 4) is 0 Å².